The number of piperidine rings is 2. The molecule has 2 aliphatic heterocycles. The molecule has 3 N–H and O–H groups in total. The Balaban J connectivity index is 1.49. The summed E-state index contributed by atoms with van der Waals surface area (Å²) in [7, 11) is 0. The van der Waals surface area contributed by atoms with Gasteiger partial charge in [0.2, 0.25) is 0 Å². The van der Waals surface area contributed by atoms with Gasteiger partial charge in [0.1, 0.15) is 12.4 Å². The molecule has 2 atom stereocenters. The summed E-state index contributed by atoms with van der Waals surface area (Å²) in [6, 6.07) is 4.12. The third-order valence-corrected chi connectivity index (χ3v) is 6.24. The molecule has 30 heavy (non-hydrogen) atoms. The van der Waals surface area contributed by atoms with Gasteiger partial charge in [-0.25, -0.2) is 9.78 Å². The number of hydrogen-bond acceptors (Lipinski definition) is 6. The third-order valence-electron chi connectivity index (χ3n) is 6.24. The second-order valence-corrected chi connectivity index (χ2v) is 8.58. The summed E-state index contributed by atoms with van der Waals surface area (Å²) < 4.78 is 4.85. The lowest BCUT2D eigenvalue weighted by molar-refractivity contribution is 0.0541. The number of ether oxygens (including phenoxy) is 1. The van der Waals surface area contributed by atoms with Crippen LogP contribution in [-0.2, 0) is 4.74 Å². The highest BCUT2D eigenvalue weighted by atomic mass is 16.5. The van der Waals surface area contributed by atoms with Crippen LogP contribution in [0, 0.1) is 5.92 Å². The number of carbonyl (C=O) groups excluding carboxylic acids is 2. The molecule has 0 saturated carbocycles. The maximum absolute atomic E-state index is 12.9. The number of carbonyl (C=O) groups is 2. The van der Waals surface area contributed by atoms with Gasteiger partial charge in [0.15, 0.2) is 0 Å². The number of rotatable bonds is 7. The summed E-state index contributed by atoms with van der Waals surface area (Å²) in [5.74, 6) is 1.47. The van der Waals surface area contributed by atoms with E-state index in [2.05, 4.69) is 22.1 Å². The van der Waals surface area contributed by atoms with E-state index in [4.69, 9.17) is 10.5 Å². The van der Waals surface area contributed by atoms with Crippen LogP contribution in [0.4, 0.5) is 10.6 Å². The van der Waals surface area contributed by atoms with Gasteiger partial charge in [0.25, 0.3) is 5.91 Å². The summed E-state index contributed by atoms with van der Waals surface area (Å²) in [5.41, 5.74) is 5.62. The lowest BCUT2D eigenvalue weighted by Gasteiger charge is -2.41. The number of anilines is 1. The fourth-order valence-electron chi connectivity index (χ4n) is 4.43. The number of nitrogens with zero attached hydrogens (tertiary/aromatic N) is 3. The molecule has 166 valence electrons. The van der Waals surface area contributed by atoms with E-state index in [0.29, 0.717) is 17.4 Å². The number of aromatic nitrogens is 1. The van der Waals surface area contributed by atoms with Gasteiger partial charge in [-0.1, -0.05) is 13.8 Å². The van der Waals surface area contributed by atoms with Crippen LogP contribution in [0.25, 0.3) is 0 Å². The van der Waals surface area contributed by atoms with Gasteiger partial charge in [-0.15, -0.1) is 0 Å². The lowest BCUT2D eigenvalue weighted by Crippen LogP contribution is -2.49. The molecule has 0 bridgehead atoms. The summed E-state index contributed by atoms with van der Waals surface area (Å²) >= 11 is 0. The number of pyridine rings is 1. The molecule has 8 heteroatoms. The van der Waals surface area contributed by atoms with Crippen LogP contribution < -0.4 is 11.1 Å². The number of nitrogens with two attached hydrogens (primary N) is 1. The van der Waals surface area contributed by atoms with Crippen LogP contribution in [0.2, 0.25) is 0 Å². The Bertz CT molecular complexity index is 703. The van der Waals surface area contributed by atoms with Crippen LogP contribution in [0.5, 0.6) is 0 Å². The number of hydrogen-bond donors (Lipinski definition) is 2. The van der Waals surface area contributed by atoms with Gasteiger partial charge in [0, 0.05) is 31.9 Å². The van der Waals surface area contributed by atoms with Crippen LogP contribution in [0.1, 0.15) is 56.3 Å². The predicted molar refractivity (Wildman–Crippen MR) is 116 cm³/mol. The van der Waals surface area contributed by atoms with Crippen molar-refractivity contribution < 1.29 is 14.3 Å². The average molecular weight is 418 g/mol. The zero-order valence-electron chi connectivity index (χ0n) is 18.2. The molecule has 2 amide bonds. The SMILES string of the molecule is CCC(COC(N)=O)Nc1ccc(C(=O)N2CCC(N3CCCC(C)C3)CC2)cn1. The summed E-state index contributed by atoms with van der Waals surface area (Å²) in [6.45, 7) is 8.50. The van der Waals surface area contributed by atoms with E-state index in [-0.39, 0.29) is 18.6 Å². The zero-order valence-corrected chi connectivity index (χ0v) is 18.2. The average Bonchev–Trinajstić information content (AvgIpc) is 2.76. The molecule has 8 nitrogen and oxygen atoms in total. The minimum atomic E-state index is -0.789. The number of nitrogens with one attached hydrogen (secondary N) is 1. The molecule has 2 unspecified atom stereocenters. The van der Waals surface area contributed by atoms with E-state index in [1.807, 2.05) is 11.8 Å². The third kappa shape index (κ3) is 6.08. The highest BCUT2D eigenvalue weighted by molar-refractivity contribution is 5.94. The first-order chi connectivity index (χ1) is 14.5. The molecule has 3 rings (SSSR count). The van der Waals surface area contributed by atoms with Crippen molar-refractivity contribution >= 4 is 17.8 Å². The van der Waals surface area contributed by atoms with Crippen LogP contribution in [0.3, 0.4) is 0 Å². The second-order valence-electron chi connectivity index (χ2n) is 8.58. The number of likely N-dealkylation sites (tertiary alicyclic amines) is 2. The quantitative estimate of drug-likeness (QED) is 0.707. The molecule has 3 heterocycles. The van der Waals surface area contributed by atoms with Gasteiger partial charge < -0.3 is 20.7 Å². The van der Waals surface area contributed by atoms with Crippen LogP contribution in [0.15, 0.2) is 18.3 Å². The standard InChI is InChI=1S/C22H35N5O3/c1-3-18(15-30-22(23)29)25-20-7-6-17(13-24-20)21(28)26-11-8-19(9-12-26)27-10-4-5-16(2)14-27/h6-7,13,16,18-19H,3-5,8-12,14-15H2,1-2H3,(H2,23,29)(H,24,25). The van der Waals surface area contributed by atoms with E-state index >= 15 is 0 Å². The van der Waals surface area contributed by atoms with Gasteiger partial charge in [-0.2, -0.15) is 0 Å². The first-order valence-corrected chi connectivity index (χ1v) is 11.1. The smallest absolute Gasteiger partial charge is 0.404 e. The van der Waals surface area contributed by atoms with Crippen LogP contribution in [-0.4, -0.2) is 71.7 Å². The fraction of sp³-hybridized carbons (Fsp3) is 0.682. The first-order valence-electron chi connectivity index (χ1n) is 11.1. The van der Waals surface area contributed by atoms with E-state index in [1.165, 1.54) is 25.9 Å². The largest absolute Gasteiger partial charge is 0.448 e. The van der Waals surface area contributed by atoms with E-state index < -0.39 is 6.09 Å². The fourth-order valence-corrected chi connectivity index (χ4v) is 4.43. The topological polar surface area (TPSA) is 101 Å². The first kappa shape index (κ1) is 22.3. The van der Waals surface area contributed by atoms with Crippen molar-refractivity contribution in [1.29, 1.82) is 0 Å². The molecule has 2 fully saturated rings. The maximum atomic E-state index is 12.9. The van der Waals surface area contributed by atoms with Gasteiger partial charge in [0.05, 0.1) is 11.6 Å². The molecule has 0 aromatic carbocycles. The lowest BCUT2D eigenvalue weighted by atomic mass is 9.95. The Kier molecular flexibility index (Phi) is 7.90. The monoisotopic (exact) mass is 417 g/mol. The Morgan fingerprint density at radius 2 is 2.03 bits per heavy atom. The summed E-state index contributed by atoms with van der Waals surface area (Å²) in [5, 5.41) is 3.20. The van der Waals surface area contributed by atoms with Crippen molar-refractivity contribution in [2.75, 3.05) is 38.1 Å². The zero-order chi connectivity index (χ0) is 21.5. The summed E-state index contributed by atoms with van der Waals surface area (Å²) in [4.78, 5) is 32.6. The van der Waals surface area contributed by atoms with Crippen molar-refractivity contribution in [1.82, 2.24) is 14.8 Å². The minimum Gasteiger partial charge on any atom is -0.448 e. The molecule has 0 radical (unpaired) electrons. The number of primary amides is 1. The van der Waals surface area contributed by atoms with Crippen molar-refractivity contribution in [3.8, 4) is 0 Å². The Morgan fingerprint density at radius 3 is 2.63 bits per heavy atom. The molecule has 0 spiro atoms. The predicted octanol–water partition coefficient (Wildman–Crippen LogP) is 2.70. The maximum Gasteiger partial charge on any atom is 0.404 e. The Hall–Kier alpha value is -2.35. The molecule has 1 aromatic rings. The van der Waals surface area contributed by atoms with Crippen LogP contribution >= 0.6 is 0 Å². The highest BCUT2D eigenvalue weighted by Gasteiger charge is 2.29. The molecular weight excluding hydrogens is 382 g/mol. The molecular formula is C22H35N5O3. The van der Waals surface area contributed by atoms with Crippen molar-refractivity contribution in [2.24, 2.45) is 11.7 Å². The molecule has 2 aliphatic rings. The Morgan fingerprint density at radius 1 is 1.27 bits per heavy atom. The Labute approximate surface area is 179 Å². The van der Waals surface area contributed by atoms with E-state index in [1.54, 1.807) is 18.3 Å². The van der Waals surface area contributed by atoms with Gasteiger partial charge in [-0.3, -0.25) is 9.69 Å². The van der Waals surface area contributed by atoms with Crippen molar-refractivity contribution in [2.45, 2.75) is 58.0 Å². The van der Waals surface area contributed by atoms with Crippen molar-refractivity contribution in [3.63, 3.8) is 0 Å². The minimum absolute atomic E-state index is 0.0450. The number of amides is 2. The highest BCUT2D eigenvalue weighted by Crippen LogP contribution is 2.24. The van der Waals surface area contributed by atoms with E-state index in [9.17, 15) is 9.59 Å². The molecule has 2 saturated heterocycles. The van der Waals surface area contributed by atoms with Gasteiger partial charge >= 0.3 is 6.09 Å². The second kappa shape index (κ2) is 10.6. The molecule has 1 aromatic heterocycles. The normalized spacial score (nSPS) is 21.8. The summed E-state index contributed by atoms with van der Waals surface area (Å²) in [6.07, 6.45) is 6.30. The molecule has 0 aliphatic carbocycles. The van der Waals surface area contributed by atoms with Crippen molar-refractivity contribution in [3.05, 3.63) is 23.9 Å². The van der Waals surface area contributed by atoms with E-state index in [0.717, 1.165) is 38.3 Å². The van der Waals surface area contributed by atoms with Gasteiger partial charge in [-0.05, 0) is 56.7 Å².